The van der Waals surface area contributed by atoms with Gasteiger partial charge in [-0.3, -0.25) is 4.98 Å². The zero-order chi connectivity index (χ0) is 9.19. The van der Waals surface area contributed by atoms with Crippen molar-refractivity contribution in [3.63, 3.8) is 0 Å². The molecule has 1 aromatic rings. The van der Waals surface area contributed by atoms with Gasteiger partial charge in [-0.2, -0.15) is 0 Å². The van der Waals surface area contributed by atoms with E-state index >= 15 is 0 Å². The highest BCUT2D eigenvalue weighted by atomic mass is 35.7. The van der Waals surface area contributed by atoms with Crippen LogP contribution < -0.4 is 5.32 Å². The number of aromatic nitrogens is 1. The highest BCUT2D eigenvalue weighted by Gasteiger charge is 2.09. The molecular formula is C6H7ClN2O2S. The molecule has 6 heteroatoms. The Morgan fingerprint density at radius 3 is 2.67 bits per heavy atom. The molecule has 1 rings (SSSR count). The minimum Gasteiger partial charge on any atom is -0.387 e. The van der Waals surface area contributed by atoms with E-state index in [0.717, 1.165) is 0 Å². The monoisotopic (exact) mass is 206 g/mol. The van der Waals surface area contributed by atoms with E-state index in [0.29, 0.717) is 5.69 Å². The third-order valence-corrected chi connectivity index (χ3v) is 2.60. The van der Waals surface area contributed by atoms with E-state index in [-0.39, 0.29) is 4.90 Å². The van der Waals surface area contributed by atoms with Crippen molar-refractivity contribution in [2.45, 2.75) is 4.90 Å². The van der Waals surface area contributed by atoms with Crippen LogP contribution in [0.1, 0.15) is 0 Å². The van der Waals surface area contributed by atoms with Crippen molar-refractivity contribution in [3.05, 3.63) is 18.5 Å². The highest BCUT2D eigenvalue weighted by Crippen LogP contribution is 2.16. The van der Waals surface area contributed by atoms with Crippen LogP contribution in [0.25, 0.3) is 0 Å². The topological polar surface area (TPSA) is 59.1 Å². The highest BCUT2D eigenvalue weighted by molar-refractivity contribution is 8.13. The largest absolute Gasteiger partial charge is 0.387 e. The molecule has 0 radical (unpaired) electrons. The fourth-order valence-electron chi connectivity index (χ4n) is 0.689. The van der Waals surface area contributed by atoms with Crippen LogP contribution in [0.2, 0.25) is 0 Å². The van der Waals surface area contributed by atoms with Crippen LogP contribution in [0.15, 0.2) is 23.4 Å². The van der Waals surface area contributed by atoms with Gasteiger partial charge in [-0.25, -0.2) is 8.42 Å². The molecule has 0 aliphatic rings. The molecule has 0 saturated heterocycles. The number of pyridine rings is 1. The van der Waals surface area contributed by atoms with Crippen LogP contribution in [0.4, 0.5) is 5.69 Å². The predicted octanol–water partition coefficient (Wildman–Crippen LogP) is 1.05. The molecule has 0 spiro atoms. The summed E-state index contributed by atoms with van der Waals surface area (Å²) in [7, 11) is 3.09. The summed E-state index contributed by atoms with van der Waals surface area (Å²) in [6.07, 6.45) is 2.70. The van der Waals surface area contributed by atoms with Crippen molar-refractivity contribution in [1.82, 2.24) is 4.98 Å². The van der Waals surface area contributed by atoms with E-state index in [9.17, 15) is 8.42 Å². The number of nitrogens with one attached hydrogen (secondary N) is 1. The summed E-state index contributed by atoms with van der Waals surface area (Å²) in [5.74, 6) is 0. The quantitative estimate of drug-likeness (QED) is 0.735. The van der Waals surface area contributed by atoms with Gasteiger partial charge in [-0.1, -0.05) is 0 Å². The lowest BCUT2D eigenvalue weighted by Crippen LogP contribution is -1.95. The molecule has 1 heterocycles. The van der Waals surface area contributed by atoms with Gasteiger partial charge in [-0.05, 0) is 6.07 Å². The molecule has 0 aromatic carbocycles. The zero-order valence-corrected chi connectivity index (χ0v) is 7.85. The van der Waals surface area contributed by atoms with Gasteiger partial charge < -0.3 is 5.32 Å². The van der Waals surface area contributed by atoms with Gasteiger partial charge in [0, 0.05) is 23.9 Å². The molecule has 12 heavy (non-hydrogen) atoms. The summed E-state index contributed by atoms with van der Waals surface area (Å²) in [5, 5.41) is 2.75. The number of halogens is 1. The van der Waals surface area contributed by atoms with Crippen LogP contribution in [0.5, 0.6) is 0 Å². The summed E-state index contributed by atoms with van der Waals surface area (Å²) in [6.45, 7) is 0. The number of hydrogen-bond donors (Lipinski definition) is 1. The Kier molecular flexibility index (Phi) is 2.54. The molecular weight excluding hydrogens is 200 g/mol. The Morgan fingerprint density at radius 2 is 2.17 bits per heavy atom. The molecule has 0 bridgehead atoms. The van der Waals surface area contributed by atoms with Crippen molar-refractivity contribution >= 4 is 25.4 Å². The summed E-state index contributed by atoms with van der Waals surface area (Å²) in [6, 6.07) is 1.41. The van der Waals surface area contributed by atoms with Crippen molar-refractivity contribution in [2.75, 3.05) is 12.4 Å². The number of nitrogens with zero attached hydrogens (tertiary/aromatic N) is 1. The normalized spacial score (nSPS) is 11.2. The molecule has 4 nitrogen and oxygen atoms in total. The van der Waals surface area contributed by atoms with E-state index in [2.05, 4.69) is 10.3 Å². The lowest BCUT2D eigenvalue weighted by atomic mass is 10.4. The number of rotatable bonds is 2. The SMILES string of the molecule is CNc1cncc(S(=O)(=O)Cl)c1. The van der Waals surface area contributed by atoms with Gasteiger partial charge in [0.1, 0.15) is 4.90 Å². The van der Waals surface area contributed by atoms with E-state index in [4.69, 9.17) is 10.7 Å². The van der Waals surface area contributed by atoms with Crippen molar-refractivity contribution in [2.24, 2.45) is 0 Å². The maximum atomic E-state index is 10.8. The first-order valence-corrected chi connectivity index (χ1v) is 5.42. The lowest BCUT2D eigenvalue weighted by Gasteiger charge is -1.99. The van der Waals surface area contributed by atoms with Gasteiger partial charge in [0.25, 0.3) is 9.05 Å². The van der Waals surface area contributed by atoms with E-state index in [1.54, 1.807) is 7.05 Å². The maximum Gasteiger partial charge on any atom is 0.262 e. The molecule has 0 fully saturated rings. The average Bonchev–Trinajstić information content (AvgIpc) is 2.03. The third kappa shape index (κ3) is 2.09. The second kappa shape index (κ2) is 3.28. The number of hydrogen-bond acceptors (Lipinski definition) is 4. The first-order chi connectivity index (χ1) is 5.54. The second-order valence-electron chi connectivity index (χ2n) is 2.10. The Morgan fingerprint density at radius 1 is 1.50 bits per heavy atom. The van der Waals surface area contributed by atoms with E-state index < -0.39 is 9.05 Å². The molecule has 0 unspecified atom stereocenters. The standard InChI is InChI=1S/C6H7ClN2O2S/c1-8-5-2-6(4-9-3-5)12(7,10)11/h2-4,8H,1H3. The average molecular weight is 207 g/mol. The predicted molar refractivity (Wildman–Crippen MR) is 46.8 cm³/mol. The van der Waals surface area contributed by atoms with Gasteiger partial charge in [0.15, 0.2) is 0 Å². The van der Waals surface area contributed by atoms with Gasteiger partial charge in [0.05, 0.1) is 11.9 Å². The molecule has 1 N–H and O–H groups in total. The van der Waals surface area contributed by atoms with Crippen molar-refractivity contribution in [3.8, 4) is 0 Å². The first kappa shape index (κ1) is 9.28. The fourth-order valence-corrected chi connectivity index (χ4v) is 1.40. The number of anilines is 1. The molecule has 66 valence electrons. The van der Waals surface area contributed by atoms with Crippen LogP contribution in [-0.4, -0.2) is 20.4 Å². The summed E-state index contributed by atoms with van der Waals surface area (Å²) >= 11 is 0. The minimum absolute atomic E-state index is 0.00369. The Balaban J connectivity index is 3.20. The molecule has 0 aliphatic heterocycles. The molecule has 0 atom stereocenters. The van der Waals surface area contributed by atoms with Gasteiger partial charge in [0.2, 0.25) is 0 Å². The van der Waals surface area contributed by atoms with Crippen LogP contribution >= 0.6 is 10.7 Å². The van der Waals surface area contributed by atoms with Gasteiger partial charge >= 0.3 is 0 Å². The molecule has 1 aromatic heterocycles. The third-order valence-electron chi connectivity index (χ3n) is 1.28. The smallest absolute Gasteiger partial charge is 0.262 e. The van der Waals surface area contributed by atoms with Gasteiger partial charge in [-0.15, -0.1) is 0 Å². The Hall–Kier alpha value is -0.810. The van der Waals surface area contributed by atoms with E-state index in [1.807, 2.05) is 0 Å². The molecule has 0 amide bonds. The van der Waals surface area contributed by atoms with Crippen molar-refractivity contribution in [1.29, 1.82) is 0 Å². The van der Waals surface area contributed by atoms with Crippen LogP contribution in [-0.2, 0) is 9.05 Å². The summed E-state index contributed by atoms with van der Waals surface area (Å²) in [5.41, 5.74) is 0.608. The zero-order valence-electron chi connectivity index (χ0n) is 6.28. The molecule has 0 aliphatic carbocycles. The van der Waals surface area contributed by atoms with Crippen LogP contribution in [0, 0.1) is 0 Å². The first-order valence-electron chi connectivity index (χ1n) is 3.11. The Bertz CT molecular complexity index is 377. The molecule has 0 saturated carbocycles. The maximum absolute atomic E-state index is 10.8. The van der Waals surface area contributed by atoms with E-state index in [1.165, 1.54) is 18.5 Å². The minimum atomic E-state index is -3.67. The second-order valence-corrected chi connectivity index (χ2v) is 4.66. The summed E-state index contributed by atoms with van der Waals surface area (Å²) in [4.78, 5) is 3.69. The van der Waals surface area contributed by atoms with Crippen molar-refractivity contribution < 1.29 is 8.42 Å². The van der Waals surface area contributed by atoms with Crippen LogP contribution in [0.3, 0.4) is 0 Å². The fraction of sp³-hybridized carbons (Fsp3) is 0.167. The Labute approximate surface area is 75.0 Å². The summed E-state index contributed by atoms with van der Waals surface area (Å²) < 4.78 is 21.6. The lowest BCUT2D eigenvalue weighted by molar-refractivity contribution is 0.609.